The van der Waals surface area contributed by atoms with Crippen molar-refractivity contribution in [3.8, 4) is 5.75 Å². The second-order valence-electron chi connectivity index (χ2n) is 7.92. The molecule has 0 amide bonds. The Balaban J connectivity index is 1.80. The van der Waals surface area contributed by atoms with Crippen LogP contribution in [0.3, 0.4) is 0 Å². The van der Waals surface area contributed by atoms with Crippen LogP contribution >= 0.6 is 0 Å². The standard InChI is InChI=1S/C22H24N6O3/c1-12(2)11-28-17-19(27(4)22(31)24-20(17)30)23-21(28)26-25-13(3)15-10-9-14-7-5-6-8-16(14)18(15)29/h5-10,12,29H,11H2,1-4H3,(H,23,26)(H,24,30,31)/b25-13-. The lowest BCUT2D eigenvalue weighted by Gasteiger charge is -2.11. The summed E-state index contributed by atoms with van der Waals surface area (Å²) >= 11 is 0. The van der Waals surface area contributed by atoms with Gasteiger partial charge in [0.2, 0.25) is 5.95 Å². The van der Waals surface area contributed by atoms with Crippen molar-refractivity contribution in [1.29, 1.82) is 0 Å². The fraction of sp³-hybridized carbons (Fsp3) is 0.273. The number of imidazole rings is 1. The zero-order chi connectivity index (χ0) is 22.3. The molecule has 0 bridgehead atoms. The minimum absolute atomic E-state index is 0.149. The number of aryl methyl sites for hydroxylation is 1. The molecule has 0 fully saturated rings. The number of nitrogens with one attached hydrogen (secondary N) is 2. The van der Waals surface area contributed by atoms with Crippen molar-refractivity contribution >= 4 is 33.6 Å². The molecule has 9 heteroatoms. The lowest BCUT2D eigenvalue weighted by Crippen LogP contribution is -2.29. The number of benzene rings is 2. The van der Waals surface area contributed by atoms with Gasteiger partial charge < -0.3 is 9.67 Å². The molecule has 2 aromatic carbocycles. The van der Waals surface area contributed by atoms with E-state index in [0.717, 1.165) is 10.8 Å². The molecule has 0 saturated carbocycles. The first-order valence-corrected chi connectivity index (χ1v) is 9.99. The van der Waals surface area contributed by atoms with E-state index in [1.807, 2.05) is 50.2 Å². The highest BCUT2D eigenvalue weighted by Crippen LogP contribution is 2.29. The number of aromatic nitrogens is 4. The first-order chi connectivity index (χ1) is 14.8. The van der Waals surface area contributed by atoms with E-state index in [2.05, 4.69) is 20.5 Å². The van der Waals surface area contributed by atoms with Crippen molar-refractivity contribution in [3.63, 3.8) is 0 Å². The zero-order valence-corrected chi connectivity index (χ0v) is 17.8. The molecule has 0 unspecified atom stereocenters. The first-order valence-electron chi connectivity index (χ1n) is 9.99. The lowest BCUT2D eigenvalue weighted by molar-refractivity contribution is 0.480. The quantitative estimate of drug-likeness (QED) is 0.339. The van der Waals surface area contributed by atoms with E-state index in [0.29, 0.717) is 29.3 Å². The molecule has 0 saturated heterocycles. The maximum absolute atomic E-state index is 12.5. The molecule has 4 aromatic rings. The molecule has 2 heterocycles. The Kier molecular flexibility index (Phi) is 5.10. The van der Waals surface area contributed by atoms with Gasteiger partial charge in [-0.15, -0.1) is 0 Å². The molecule has 31 heavy (non-hydrogen) atoms. The number of phenolic OH excluding ortho intramolecular Hbond substituents is 1. The van der Waals surface area contributed by atoms with Crippen LogP contribution < -0.4 is 16.7 Å². The number of hydrazone groups is 1. The highest BCUT2D eigenvalue weighted by Gasteiger charge is 2.18. The number of hydrogen-bond donors (Lipinski definition) is 3. The van der Waals surface area contributed by atoms with E-state index in [1.165, 1.54) is 4.57 Å². The summed E-state index contributed by atoms with van der Waals surface area (Å²) in [7, 11) is 1.55. The lowest BCUT2D eigenvalue weighted by atomic mass is 10.0. The number of fused-ring (bicyclic) bond motifs is 2. The average Bonchev–Trinajstić information content (AvgIpc) is 3.09. The number of phenols is 1. The van der Waals surface area contributed by atoms with E-state index in [9.17, 15) is 14.7 Å². The van der Waals surface area contributed by atoms with Crippen LogP contribution in [0.2, 0.25) is 0 Å². The Hall–Kier alpha value is -3.88. The number of hydrogen-bond acceptors (Lipinski definition) is 6. The van der Waals surface area contributed by atoms with Crippen molar-refractivity contribution in [2.45, 2.75) is 27.3 Å². The Morgan fingerprint density at radius 2 is 1.97 bits per heavy atom. The van der Waals surface area contributed by atoms with Gasteiger partial charge in [-0.2, -0.15) is 10.1 Å². The van der Waals surface area contributed by atoms with Crippen LogP contribution in [0.25, 0.3) is 21.9 Å². The molecule has 0 aliphatic carbocycles. The number of anilines is 1. The minimum Gasteiger partial charge on any atom is -0.507 e. The Bertz CT molecular complexity index is 1440. The van der Waals surface area contributed by atoms with Crippen LogP contribution in [0.15, 0.2) is 51.1 Å². The second-order valence-corrected chi connectivity index (χ2v) is 7.92. The molecule has 2 aromatic heterocycles. The van der Waals surface area contributed by atoms with E-state index in [1.54, 1.807) is 18.5 Å². The molecule has 160 valence electrons. The molecule has 9 nitrogen and oxygen atoms in total. The highest BCUT2D eigenvalue weighted by atomic mass is 16.3. The number of rotatable bonds is 5. The van der Waals surface area contributed by atoms with E-state index in [4.69, 9.17) is 0 Å². The average molecular weight is 420 g/mol. The van der Waals surface area contributed by atoms with Crippen LogP contribution in [0, 0.1) is 5.92 Å². The maximum Gasteiger partial charge on any atom is 0.329 e. The van der Waals surface area contributed by atoms with Crippen molar-refractivity contribution in [2.24, 2.45) is 18.1 Å². The molecule has 0 aliphatic heterocycles. The number of aromatic hydroxyl groups is 1. The normalized spacial score (nSPS) is 12.2. The van der Waals surface area contributed by atoms with Gasteiger partial charge in [-0.05, 0) is 24.3 Å². The van der Waals surface area contributed by atoms with Crippen LogP contribution in [0.5, 0.6) is 5.75 Å². The summed E-state index contributed by atoms with van der Waals surface area (Å²) in [5.74, 6) is 0.717. The molecule has 0 spiro atoms. The summed E-state index contributed by atoms with van der Waals surface area (Å²) in [4.78, 5) is 31.2. The molecule has 4 rings (SSSR count). The molecular formula is C22H24N6O3. The van der Waals surface area contributed by atoms with Crippen LogP contribution in [-0.2, 0) is 13.6 Å². The number of H-pyrrole nitrogens is 1. The number of nitrogens with zero attached hydrogens (tertiary/aromatic N) is 4. The highest BCUT2D eigenvalue weighted by molar-refractivity contribution is 6.06. The summed E-state index contributed by atoms with van der Waals surface area (Å²) in [6, 6.07) is 11.3. The molecule has 3 N–H and O–H groups in total. The summed E-state index contributed by atoms with van der Waals surface area (Å²) in [5, 5.41) is 16.8. The van der Waals surface area contributed by atoms with E-state index < -0.39 is 11.2 Å². The van der Waals surface area contributed by atoms with E-state index >= 15 is 0 Å². The van der Waals surface area contributed by atoms with Gasteiger partial charge in [-0.1, -0.05) is 44.2 Å². The minimum atomic E-state index is -0.529. The van der Waals surface area contributed by atoms with Gasteiger partial charge in [-0.3, -0.25) is 14.3 Å². The second kappa shape index (κ2) is 7.75. The fourth-order valence-corrected chi connectivity index (χ4v) is 3.60. The van der Waals surface area contributed by atoms with Crippen molar-refractivity contribution in [2.75, 3.05) is 5.43 Å². The third kappa shape index (κ3) is 3.58. The maximum atomic E-state index is 12.5. The third-order valence-electron chi connectivity index (χ3n) is 5.17. The molecule has 0 aliphatic rings. The van der Waals surface area contributed by atoms with Gasteiger partial charge >= 0.3 is 5.69 Å². The zero-order valence-electron chi connectivity index (χ0n) is 17.8. The predicted octanol–water partition coefficient (Wildman–Crippen LogP) is 2.77. The monoisotopic (exact) mass is 420 g/mol. The summed E-state index contributed by atoms with van der Waals surface area (Å²) in [6.07, 6.45) is 0. The Morgan fingerprint density at radius 3 is 2.71 bits per heavy atom. The van der Waals surface area contributed by atoms with Gasteiger partial charge in [0.15, 0.2) is 11.2 Å². The van der Waals surface area contributed by atoms with Gasteiger partial charge in [-0.25, -0.2) is 10.2 Å². The molecule has 0 atom stereocenters. The molecule has 0 radical (unpaired) electrons. The molecular weight excluding hydrogens is 396 g/mol. The fourth-order valence-electron chi connectivity index (χ4n) is 3.60. The summed E-state index contributed by atoms with van der Waals surface area (Å²) in [5.41, 5.74) is 3.61. The van der Waals surface area contributed by atoms with Crippen LogP contribution in [0.4, 0.5) is 5.95 Å². The Labute approximate surface area is 177 Å². The summed E-state index contributed by atoms with van der Waals surface area (Å²) in [6.45, 7) is 6.32. The van der Waals surface area contributed by atoms with Gasteiger partial charge in [0, 0.05) is 24.5 Å². The SMILES string of the molecule is C/C(=N/Nc1nc2c(c(=O)[nH]c(=O)n2C)n1CC(C)C)c1ccc2ccccc2c1O. The first kappa shape index (κ1) is 20.4. The number of aromatic amines is 1. The van der Waals surface area contributed by atoms with Gasteiger partial charge in [0.1, 0.15) is 5.75 Å². The Morgan fingerprint density at radius 1 is 1.23 bits per heavy atom. The van der Waals surface area contributed by atoms with Crippen molar-refractivity contribution in [1.82, 2.24) is 19.1 Å². The van der Waals surface area contributed by atoms with Crippen LogP contribution in [-0.4, -0.2) is 29.9 Å². The summed E-state index contributed by atoms with van der Waals surface area (Å²) < 4.78 is 3.01. The smallest absolute Gasteiger partial charge is 0.329 e. The largest absolute Gasteiger partial charge is 0.507 e. The van der Waals surface area contributed by atoms with Gasteiger partial charge in [0.25, 0.3) is 5.56 Å². The van der Waals surface area contributed by atoms with Crippen molar-refractivity contribution < 1.29 is 5.11 Å². The topological polar surface area (TPSA) is 117 Å². The van der Waals surface area contributed by atoms with Crippen LogP contribution in [0.1, 0.15) is 26.3 Å². The third-order valence-corrected chi connectivity index (χ3v) is 5.17. The van der Waals surface area contributed by atoms with Gasteiger partial charge in [0.05, 0.1) is 5.71 Å². The predicted molar refractivity (Wildman–Crippen MR) is 122 cm³/mol. The van der Waals surface area contributed by atoms with Crippen molar-refractivity contribution in [3.05, 3.63) is 62.8 Å². The van der Waals surface area contributed by atoms with E-state index in [-0.39, 0.29) is 17.3 Å².